The molecular formula is C35H41N3O6. The summed E-state index contributed by atoms with van der Waals surface area (Å²) in [4.78, 5) is 48.8. The summed E-state index contributed by atoms with van der Waals surface area (Å²) in [6.07, 6.45) is 8.60. The van der Waals surface area contributed by atoms with Crippen LogP contribution in [0, 0.1) is 25.7 Å². The van der Waals surface area contributed by atoms with Crippen molar-refractivity contribution in [2.24, 2.45) is 11.8 Å². The van der Waals surface area contributed by atoms with Crippen LogP contribution in [-0.2, 0) is 19.1 Å². The molecule has 0 bridgehead atoms. The Balaban J connectivity index is 1.43. The van der Waals surface area contributed by atoms with Crippen LogP contribution in [0.4, 0.5) is 11.4 Å². The summed E-state index contributed by atoms with van der Waals surface area (Å²) in [7, 11) is 0. The van der Waals surface area contributed by atoms with Gasteiger partial charge in [-0.2, -0.15) is 0 Å². The van der Waals surface area contributed by atoms with Crippen LogP contribution >= 0.6 is 0 Å². The molecular weight excluding hydrogens is 558 g/mol. The number of hydrogen-bond acceptors (Lipinski definition) is 6. The Morgan fingerprint density at radius 2 is 1.64 bits per heavy atom. The zero-order valence-corrected chi connectivity index (χ0v) is 25.9. The van der Waals surface area contributed by atoms with E-state index in [2.05, 4.69) is 0 Å². The van der Waals surface area contributed by atoms with Gasteiger partial charge in [0.1, 0.15) is 17.4 Å². The van der Waals surface area contributed by atoms with Crippen LogP contribution in [-0.4, -0.2) is 77.8 Å². The third-order valence-electron chi connectivity index (χ3n) is 9.48. The predicted molar refractivity (Wildman–Crippen MR) is 168 cm³/mol. The lowest BCUT2D eigenvalue weighted by molar-refractivity contribution is -0.144. The largest absolute Gasteiger partial charge is 0.494 e. The van der Waals surface area contributed by atoms with Crippen molar-refractivity contribution < 1.29 is 29.0 Å². The topological polar surface area (TPSA) is 99.6 Å². The molecule has 1 N–H and O–H groups in total. The number of anilines is 2. The minimum atomic E-state index is -1.33. The molecule has 1 unspecified atom stereocenters. The van der Waals surface area contributed by atoms with Gasteiger partial charge in [0.05, 0.1) is 24.0 Å². The summed E-state index contributed by atoms with van der Waals surface area (Å²) in [6.45, 7) is 9.18. The molecule has 6 rings (SSSR count). The van der Waals surface area contributed by atoms with Crippen molar-refractivity contribution in [2.45, 2.75) is 57.8 Å². The molecule has 3 amide bonds. The van der Waals surface area contributed by atoms with Crippen molar-refractivity contribution in [1.29, 1.82) is 0 Å². The average Bonchev–Trinajstić information content (AvgIpc) is 3.26. The maximum atomic E-state index is 14.7. The Hall–Kier alpha value is -3.95. The van der Waals surface area contributed by atoms with Gasteiger partial charge in [-0.25, -0.2) is 0 Å². The maximum Gasteiger partial charge on any atom is 0.253 e. The molecule has 2 saturated heterocycles. The second-order valence-electron chi connectivity index (χ2n) is 12.4. The lowest BCUT2D eigenvalue weighted by Crippen LogP contribution is -2.56. The quantitative estimate of drug-likeness (QED) is 0.365. The van der Waals surface area contributed by atoms with Crippen LogP contribution in [0.3, 0.4) is 0 Å². The predicted octanol–water partition coefficient (Wildman–Crippen LogP) is 3.95. The minimum Gasteiger partial charge on any atom is -0.494 e. The van der Waals surface area contributed by atoms with Crippen LogP contribution in [0.2, 0.25) is 0 Å². The number of likely N-dealkylation sites (tertiary alicyclic amines) is 1. The SMILES string of the molecule is CCOc1ccc(N2CC=C[C@@]3(C)O[C@]45C=CCN(c6cc(C)ccc6C)C(=O)C4N(CCCCO)C(=O)[C@@H]5[C@H]3C2=O)cc1. The van der Waals surface area contributed by atoms with E-state index in [9.17, 15) is 19.5 Å². The zero-order chi connectivity index (χ0) is 31.2. The number of unbranched alkanes of at least 4 members (excludes halogenated alkanes) is 1. The third kappa shape index (κ3) is 4.73. The van der Waals surface area contributed by atoms with Crippen molar-refractivity contribution in [3.63, 3.8) is 0 Å². The van der Waals surface area contributed by atoms with Gasteiger partial charge in [0.25, 0.3) is 5.91 Å². The number of aliphatic hydroxyl groups is 1. The molecule has 232 valence electrons. The minimum absolute atomic E-state index is 0.0126. The number of fused-ring (bicyclic) bond motifs is 2. The highest BCUT2D eigenvalue weighted by Crippen LogP contribution is 2.57. The summed E-state index contributed by atoms with van der Waals surface area (Å²) < 4.78 is 12.5. The van der Waals surface area contributed by atoms with E-state index in [1.807, 2.05) is 94.5 Å². The van der Waals surface area contributed by atoms with E-state index < -0.39 is 29.1 Å². The Labute approximate surface area is 258 Å². The van der Waals surface area contributed by atoms with Gasteiger partial charge in [0.2, 0.25) is 11.8 Å². The molecule has 2 fully saturated rings. The van der Waals surface area contributed by atoms with Crippen LogP contribution in [0.5, 0.6) is 5.75 Å². The summed E-state index contributed by atoms with van der Waals surface area (Å²) in [5.74, 6) is -1.75. The number of aryl methyl sites for hydroxylation is 2. The van der Waals surface area contributed by atoms with Gasteiger partial charge < -0.3 is 29.3 Å². The smallest absolute Gasteiger partial charge is 0.253 e. The van der Waals surface area contributed by atoms with E-state index in [4.69, 9.17) is 9.47 Å². The molecule has 2 aromatic rings. The maximum absolute atomic E-state index is 14.7. The monoisotopic (exact) mass is 599 g/mol. The number of hydrogen-bond donors (Lipinski definition) is 1. The molecule has 9 heteroatoms. The fourth-order valence-electron chi connectivity index (χ4n) is 7.50. The van der Waals surface area contributed by atoms with Gasteiger partial charge in [-0.3, -0.25) is 14.4 Å². The number of carbonyl (C=O) groups is 3. The normalized spacial score (nSPS) is 29.4. The first-order valence-corrected chi connectivity index (χ1v) is 15.5. The number of carbonyl (C=O) groups excluding carboxylic acids is 3. The van der Waals surface area contributed by atoms with Gasteiger partial charge >= 0.3 is 0 Å². The molecule has 9 nitrogen and oxygen atoms in total. The van der Waals surface area contributed by atoms with Gasteiger partial charge in [-0.05, 0) is 82.0 Å². The second-order valence-corrected chi connectivity index (χ2v) is 12.4. The highest BCUT2D eigenvalue weighted by Gasteiger charge is 2.74. The lowest BCUT2D eigenvalue weighted by atomic mass is 9.74. The Bertz CT molecular complexity index is 1520. The number of rotatable bonds is 8. The second kappa shape index (κ2) is 11.5. The number of nitrogens with zero attached hydrogens (tertiary/aromatic N) is 3. The van der Waals surface area contributed by atoms with E-state index in [1.165, 1.54) is 0 Å². The molecule has 0 aliphatic carbocycles. The molecule has 4 heterocycles. The van der Waals surface area contributed by atoms with Crippen molar-refractivity contribution in [1.82, 2.24) is 4.90 Å². The fourth-order valence-corrected chi connectivity index (χ4v) is 7.50. The molecule has 1 spiro atoms. The highest BCUT2D eigenvalue weighted by molar-refractivity contribution is 6.07. The van der Waals surface area contributed by atoms with Crippen molar-refractivity contribution in [3.8, 4) is 5.75 Å². The first-order chi connectivity index (χ1) is 21.1. The molecule has 2 aromatic carbocycles. The first-order valence-electron chi connectivity index (χ1n) is 15.5. The van der Waals surface area contributed by atoms with E-state index in [1.54, 1.807) is 14.7 Å². The molecule has 0 saturated carbocycles. The fraction of sp³-hybridized carbons (Fsp3) is 0.457. The molecule has 4 aliphatic rings. The van der Waals surface area contributed by atoms with Crippen LogP contribution in [0.1, 0.15) is 37.8 Å². The number of benzene rings is 2. The van der Waals surface area contributed by atoms with Crippen molar-refractivity contribution in [3.05, 3.63) is 77.9 Å². The van der Waals surface area contributed by atoms with E-state index in [0.717, 1.165) is 16.8 Å². The number of ether oxygens (including phenoxy) is 2. The molecule has 44 heavy (non-hydrogen) atoms. The first kappa shape index (κ1) is 30.1. The average molecular weight is 600 g/mol. The van der Waals surface area contributed by atoms with Gasteiger partial charge in [-0.1, -0.05) is 36.4 Å². The third-order valence-corrected chi connectivity index (χ3v) is 9.48. The van der Waals surface area contributed by atoms with E-state index in [0.29, 0.717) is 44.0 Å². The molecule has 5 atom stereocenters. The van der Waals surface area contributed by atoms with Crippen molar-refractivity contribution >= 4 is 29.1 Å². The lowest BCUT2D eigenvalue weighted by Gasteiger charge is -2.37. The Morgan fingerprint density at radius 3 is 2.36 bits per heavy atom. The van der Waals surface area contributed by atoms with Gasteiger partial charge in [-0.15, -0.1) is 0 Å². The van der Waals surface area contributed by atoms with Crippen LogP contribution < -0.4 is 14.5 Å². The summed E-state index contributed by atoms with van der Waals surface area (Å²) in [5.41, 5.74) is 1.03. The van der Waals surface area contributed by atoms with Crippen molar-refractivity contribution in [2.75, 3.05) is 42.6 Å². The van der Waals surface area contributed by atoms with Gasteiger partial charge in [0.15, 0.2) is 0 Å². The molecule has 0 radical (unpaired) electrons. The van der Waals surface area contributed by atoms with Crippen LogP contribution in [0.15, 0.2) is 66.8 Å². The molecule has 0 aromatic heterocycles. The summed E-state index contributed by atoms with van der Waals surface area (Å²) in [5, 5.41) is 9.50. The van der Waals surface area contributed by atoms with Crippen LogP contribution in [0.25, 0.3) is 0 Å². The summed E-state index contributed by atoms with van der Waals surface area (Å²) >= 11 is 0. The highest BCUT2D eigenvalue weighted by atomic mass is 16.5. The standard InChI is InChI=1S/C35H41N3O6/c1-5-43-26-14-12-25(13-15-26)36-19-8-16-34(4)28(31(36)40)29-32(41)38(18-6-7-21-39)30-33(42)37(20-9-17-35(29,30)44-34)27-22-23(2)10-11-24(27)3/h8-17,22,28-30,39H,5-7,18-21H2,1-4H3/t28-,29-,30?,34+,35-/m0/s1. The zero-order valence-electron chi connectivity index (χ0n) is 25.9. The summed E-state index contributed by atoms with van der Waals surface area (Å²) in [6, 6.07) is 12.4. The Kier molecular flexibility index (Phi) is 7.88. The van der Waals surface area contributed by atoms with E-state index in [-0.39, 0.29) is 30.9 Å². The van der Waals surface area contributed by atoms with Gasteiger partial charge in [0, 0.05) is 37.6 Å². The van der Waals surface area contributed by atoms with E-state index >= 15 is 0 Å². The molecule has 4 aliphatic heterocycles. The number of amides is 3. The number of aliphatic hydroxyl groups excluding tert-OH is 1. The Morgan fingerprint density at radius 1 is 0.909 bits per heavy atom.